The SMILES string of the molecule is CC1=NI=NN1c1ccc(Nc2nc3n(n2)CCCC[C@H]3c2ccc(OC(F)(F)F)cc2)cc1F. The first-order chi connectivity index (χ1) is 16.8. The summed E-state index contributed by atoms with van der Waals surface area (Å²) >= 11 is -0.682. The van der Waals surface area contributed by atoms with Gasteiger partial charge in [0.1, 0.15) is 23.1 Å². The molecule has 0 amide bonds. The van der Waals surface area contributed by atoms with E-state index in [0.29, 0.717) is 35.5 Å². The van der Waals surface area contributed by atoms with Gasteiger partial charge in [-0.2, -0.15) is 8.19 Å². The van der Waals surface area contributed by atoms with Gasteiger partial charge >= 0.3 is 6.36 Å². The number of anilines is 3. The van der Waals surface area contributed by atoms with Crippen molar-refractivity contribution in [3.05, 3.63) is 59.7 Å². The Hall–Kier alpha value is -3.10. The second kappa shape index (κ2) is 9.51. The van der Waals surface area contributed by atoms with E-state index in [2.05, 4.69) is 26.6 Å². The number of amidine groups is 1. The second-order valence-corrected chi connectivity index (χ2v) is 9.41. The lowest BCUT2D eigenvalue weighted by Gasteiger charge is -2.15. The van der Waals surface area contributed by atoms with Gasteiger partial charge in [0, 0.05) is 18.2 Å². The molecule has 0 bridgehead atoms. The number of nitrogens with one attached hydrogen (secondary N) is 1. The predicted octanol–water partition coefficient (Wildman–Crippen LogP) is 6.60. The van der Waals surface area contributed by atoms with Crippen LogP contribution in [0.25, 0.3) is 0 Å². The summed E-state index contributed by atoms with van der Waals surface area (Å²) in [5.74, 6) is 0.847. The molecular weight excluding hydrogens is 581 g/mol. The number of rotatable bonds is 5. The van der Waals surface area contributed by atoms with Crippen LogP contribution < -0.4 is 15.1 Å². The molecule has 1 atom stereocenters. The van der Waals surface area contributed by atoms with Crippen molar-refractivity contribution in [2.24, 2.45) is 6.46 Å². The van der Waals surface area contributed by atoms with Gasteiger partial charge in [-0.05, 0) is 55.7 Å². The first-order valence-corrected chi connectivity index (χ1v) is 12.8. The lowest BCUT2D eigenvalue weighted by atomic mass is 9.93. The molecule has 184 valence electrons. The van der Waals surface area contributed by atoms with Crippen LogP contribution in [0.3, 0.4) is 0 Å². The van der Waals surface area contributed by atoms with Crippen molar-refractivity contribution in [1.82, 2.24) is 14.8 Å². The summed E-state index contributed by atoms with van der Waals surface area (Å²) in [6.07, 6.45) is -2.13. The van der Waals surface area contributed by atoms with Crippen LogP contribution in [0, 0.1) is 5.82 Å². The molecule has 0 saturated heterocycles. The molecule has 0 radical (unpaired) electrons. The normalized spacial score (nSPS) is 17.9. The Kier molecular flexibility index (Phi) is 6.42. The Bertz CT molecular complexity index is 1290. The Labute approximate surface area is 208 Å². The van der Waals surface area contributed by atoms with E-state index in [1.165, 1.54) is 23.2 Å². The summed E-state index contributed by atoms with van der Waals surface area (Å²) in [4.78, 5) is 4.65. The van der Waals surface area contributed by atoms with Crippen LogP contribution in [-0.4, -0.2) is 27.0 Å². The molecule has 2 aliphatic rings. The monoisotopic (exact) mass is 601 g/mol. The first kappa shape index (κ1) is 23.6. The molecule has 0 spiro atoms. The van der Waals surface area contributed by atoms with Crippen LogP contribution in [0.5, 0.6) is 5.75 Å². The zero-order valence-electron chi connectivity index (χ0n) is 18.4. The van der Waals surface area contributed by atoms with Gasteiger partial charge in [-0.3, -0.25) is 0 Å². The minimum Gasteiger partial charge on any atom is -0.406 e. The van der Waals surface area contributed by atoms with Gasteiger partial charge in [0.05, 0.1) is 0 Å². The molecule has 8 nitrogen and oxygen atoms in total. The molecule has 0 saturated carbocycles. The van der Waals surface area contributed by atoms with Crippen LogP contribution in [0.15, 0.2) is 48.9 Å². The van der Waals surface area contributed by atoms with Gasteiger partial charge in [-0.15, -0.1) is 21.5 Å². The number of hydrogen-bond donors (Lipinski definition) is 1. The number of ether oxygens (including phenoxy) is 1. The molecule has 0 fully saturated rings. The first-order valence-electron chi connectivity index (χ1n) is 10.8. The van der Waals surface area contributed by atoms with E-state index in [4.69, 9.17) is 0 Å². The zero-order valence-corrected chi connectivity index (χ0v) is 20.6. The van der Waals surface area contributed by atoms with E-state index in [-0.39, 0.29) is 11.7 Å². The summed E-state index contributed by atoms with van der Waals surface area (Å²) in [5, 5.41) is 9.12. The molecule has 1 aromatic heterocycles. The highest BCUT2D eigenvalue weighted by Crippen LogP contribution is 2.35. The fraction of sp³-hybridized carbons (Fsp3) is 0.318. The number of halogens is 5. The number of benzene rings is 2. The average molecular weight is 601 g/mol. The molecular formula is C22H20F4IN7O. The van der Waals surface area contributed by atoms with Gasteiger partial charge < -0.3 is 10.1 Å². The van der Waals surface area contributed by atoms with Crippen LogP contribution in [0.4, 0.5) is 34.9 Å². The predicted molar refractivity (Wildman–Crippen MR) is 131 cm³/mol. The highest BCUT2D eigenvalue weighted by atomic mass is 127. The maximum atomic E-state index is 14.8. The molecule has 5 rings (SSSR count). The summed E-state index contributed by atoms with van der Waals surface area (Å²) in [6, 6.07) is 10.6. The largest absolute Gasteiger partial charge is 0.573 e. The van der Waals surface area contributed by atoms with Crippen LogP contribution in [0.1, 0.15) is 43.5 Å². The number of alkyl halides is 3. The quantitative estimate of drug-likeness (QED) is 0.264. The molecule has 0 aliphatic carbocycles. The van der Waals surface area contributed by atoms with Gasteiger partial charge in [-0.25, -0.2) is 14.1 Å². The van der Waals surface area contributed by atoms with Crippen molar-refractivity contribution in [3.8, 4) is 5.75 Å². The lowest BCUT2D eigenvalue weighted by molar-refractivity contribution is -0.274. The standard InChI is InChI=1S/C22H20F4IN7O/c1-13-30-27-32-34(13)19-10-7-15(12-18(19)23)28-21-29-20-17(4-2-3-11-33(20)31-21)14-5-8-16(9-6-14)35-22(24,25)26/h5-10,12,17H,2-4,11H2,1H3,(H,28,31)/t17-/m0/s1. The third-order valence-corrected chi connectivity index (χ3v) is 7.19. The molecule has 0 unspecified atom stereocenters. The van der Waals surface area contributed by atoms with E-state index in [0.717, 1.165) is 24.8 Å². The van der Waals surface area contributed by atoms with Crippen molar-refractivity contribution in [1.29, 1.82) is 0 Å². The number of nitrogens with zero attached hydrogens (tertiary/aromatic N) is 6. The zero-order chi connectivity index (χ0) is 24.6. The fourth-order valence-corrected chi connectivity index (χ4v) is 5.43. The third kappa shape index (κ3) is 5.28. The number of aromatic nitrogens is 3. The number of aryl methyl sites for hydroxylation is 1. The van der Waals surface area contributed by atoms with Gasteiger partial charge in [0.25, 0.3) is 0 Å². The van der Waals surface area contributed by atoms with E-state index in [1.54, 1.807) is 35.9 Å². The van der Waals surface area contributed by atoms with E-state index < -0.39 is 33.5 Å². The molecule has 2 aromatic carbocycles. The summed E-state index contributed by atoms with van der Waals surface area (Å²) in [7, 11) is 0. The molecule has 13 heteroatoms. The Morgan fingerprint density at radius 1 is 1.11 bits per heavy atom. The average Bonchev–Trinajstić information content (AvgIpc) is 3.34. The highest BCUT2D eigenvalue weighted by molar-refractivity contribution is 14.1. The summed E-state index contributed by atoms with van der Waals surface area (Å²) < 4.78 is 66.5. The Morgan fingerprint density at radius 2 is 1.91 bits per heavy atom. The van der Waals surface area contributed by atoms with Crippen LogP contribution >= 0.6 is 21.3 Å². The summed E-state index contributed by atoms with van der Waals surface area (Å²) in [6.45, 7) is 2.46. The maximum absolute atomic E-state index is 14.8. The lowest BCUT2D eigenvalue weighted by Crippen LogP contribution is -2.19. The molecule has 1 N–H and O–H groups in total. The van der Waals surface area contributed by atoms with Crippen molar-refractivity contribution in [2.75, 3.05) is 10.3 Å². The highest BCUT2D eigenvalue weighted by Gasteiger charge is 2.31. The molecule has 3 aromatic rings. The second-order valence-electron chi connectivity index (χ2n) is 8.07. The minimum atomic E-state index is -4.74. The van der Waals surface area contributed by atoms with Crippen molar-refractivity contribution < 1.29 is 22.3 Å². The third-order valence-electron chi connectivity index (χ3n) is 5.65. The minimum absolute atomic E-state index is 0.137. The number of hydrogen-bond acceptors (Lipinski definition) is 7. The molecule has 2 aliphatic heterocycles. The summed E-state index contributed by atoms with van der Waals surface area (Å²) in [5.41, 5.74) is 1.65. The van der Waals surface area contributed by atoms with E-state index >= 15 is 0 Å². The molecule has 3 heterocycles. The van der Waals surface area contributed by atoms with Crippen molar-refractivity contribution in [2.45, 2.75) is 45.0 Å². The smallest absolute Gasteiger partial charge is 0.406 e. The van der Waals surface area contributed by atoms with E-state index in [1.807, 2.05) is 0 Å². The van der Waals surface area contributed by atoms with Gasteiger partial charge in [0.15, 0.2) is 27.1 Å². The van der Waals surface area contributed by atoms with E-state index in [9.17, 15) is 17.6 Å². The number of fused-ring (bicyclic) bond motifs is 1. The van der Waals surface area contributed by atoms with Crippen molar-refractivity contribution >= 4 is 44.5 Å². The topological polar surface area (TPSA) is 79.9 Å². The maximum Gasteiger partial charge on any atom is 0.573 e. The van der Waals surface area contributed by atoms with Crippen LogP contribution in [-0.2, 0) is 6.54 Å². The van der Waals surface area contributed by atoms with Gasteiger partial charge in [0.2, 0.25) is 5.95 Å². The fourth-order valence-electron chi connectivity index (χ4n) is 4.08. The molecule has 35 heavy (non-hydrogen) atoms. The Balaban J connectivity index is 1.36. The Morgan fingerprint density at radius 3 is 2.60 bits per heavy atom. The van der Waals surface area contributed by atoms with Gasteiger partial charge in [-0.1, -0.05) is 18.6 Å². The van der Waals surface area contributed by atoms with Crippen molar-refractivity contribution in [3.63, 3.8) is 0 Å². The van der Waals surface area contributed by atoms with Crippen LogP contribution in [0.2, 0.25) is 0 Å².